The Hall–Kier alpha value is -0.930. The lowest BCUT2D eigenvalue weighted by Crippen LogP contribution is -1.91. The van der Waals surface area contributed by atoms with Crippen LogP contribution in [0.1, 0.15) is 5.69 Å². The number of benzene rings is 1. The minimum Gasteiger partial charge on any atom is -0.494 e. The molecule has 0 unspecified atom stereocenters. The zero-order valence-corrected chi connectivity index (χ0v) is 10.1. The van der Waals surface area contributed by atoms with Crippen LogP contribution < -0.4 is 4.74 Å². The number of methoxy groups -OCH3 is 1. The average molecular weight is 240 g/mol. The Bertz CT molecular complexity index is 527. The number of pyridine rings is 1. The lowest BCUT2D eigenvalue weighted by Gasteiger charge is -2.08. The van der Waals surface area contributed by atoms with E-state index in [-0.39, 0.29) is 0 Å². The maximum absolute atomic E-state index is 6.13. The fourth-order valence-corrected chi connectivity index (χ4v) is 2.06. The van der Waals surface area contributed by atoms with Crippen LogP contribution >= 0.6 is 24.2 Å². The number of hydrogen-bond acceptors (Lipinski definition) is 3. The van der Waals surface area contributed by atoms with Crippen LogP contribution in [0.4, 0.5) is 0 Å². The first kappa shape index (κ1) is 10.6. The van der Waals surface area contributed by atoms with Crippen molar-refractivity contribution in [3.05, 3.63) is 28.9 Å². The molecule has 1 heterocycles. The van der Waals surface area contributed by atoms with Crippen molar-refractivity contribution in [2.75, 3.05) is 7.11 Å². The van der Waals surface area contributed by atoms with Gasteiger partial charge in [0.1, 0.15) is 11.3 Å². The first-order chi connectivity index (χ1) is 7.11. The molecule has 0 amide bonds. The highest BCUT2D eigenvalue weighted by Gasteiger charge is 2.08. The SMILES string of the molecule is COc1cc(S)cc2c(Cl)cc(C)nc12. The average Bonchev–Trinajstić information content (AvgIpc) is 2.18. The highest BCUT2D eigenvalue weighted by Crippen LogP contribution is 2.32. The molecule has 2 rings (SSSR count). The molecule has 0 saturated carbocycles. The minimum absolute atomic E-state index is 0.673. The zero-order chi connectivity index (χ0) is 11.0. The molecule has 2 aromatic rings. The number of fused-ring (bicyclic) bond motifs is 1. The molecule has 4 heteroatoms. The van der Waals surface area contributed by atoms with Gasteiger partial charge in [-0.25, -0.2) is 4.98 Å². The first-order valence-corrected chi connectivity index (χ1v) is 5.28. The minimum atomic E-state index is 0.673. The zero-order valence-electron chi connectivity index (χ0n) is 8.41. The standard InChI is InChI=1S/C11H10ClNOS/c1-6-3-9(12)8-4-7(15)5-10(14-2)11(8)13-6/h3-5,15H,1-2H3. The third-order valence-corrected chi connectivity index (χ3v) is 2.73. The van der Waals surface area contributed by atoms with Gasteiger partial charge in [0.25, 0.3) is 0 Å². The highest BCUT2D eigenvalue weighted by molar-refractivity contribution is 7.80. The van der Waals surface area contributed by atoms with Crippen LogP contribution in [-0.2, 0) is 0 Å². The second-order valence-electron chi connectivity index (χ2n) is 3.29. The van der Waals surface area contributed by atoms with Crippen LogP contribution in [0.3, 0.4) is 0 Å². The number of aryl methyl sites for hydroxylation is 1. The third kappa shape index (κ3) is 1.90. The van der Waals surface area contributed by atoms with E-state index in [0.717, 1.165) is 21.5 Å². The number of hydrogen-bond donors (Lipinski definition) is 1. The van der Waals surface area contributed by atoms with Crippen LogP contribution in [0, 0.1) is 6.92 Å². The summed E-state index contributed by atoms with van der Waals surface area (Å²) in [6.07, 6.45) is 0. The van der Waals surface area contributed by atoms with Gasteiger partial charge in [-0.05, 0) is 25.1 Å². The van der Waals surface area contributed by atoms with E-state index < -0.39 is 0 Å². The molecular weight excluding hydrogens is 230 g/mol. The van der Waals surface area contributed by atoms with Gasteiger partial charge in [0, 0.05) is 16.0 Å². The second kappa shape index (κ2) is 3.91. The molecule has 0 fully saturated rings. The molecular formula is C11H10ClNOS. The number of rotatable bonds is 1. The predicted octanol–water partition coefficient (Wildman–Crippen LogP) is 3.49. The maximum Gasteiger partial charge on any atom is 0.146 e. The monoisotopic (exact) mass is 239 g/mol. The largest absolute Gasteiger partial charge is 0.494 e. The number of nitrogens with zero attached hydrogens (tertiary/aromatic N) is 1. The van der Waals surface area contributed by atoms with E-state index in [1.807, 2.05) is 25.1 Å². The Balaban J connectivity index is 2.89. The smallest absolute Gasteiger partial charge is 0.146 e. The van der Waals surface area contributed by atoms with Gasteiger partial charge in [-0.1, -0.05) is 11.6 Å². The summed E-state index contributed by atoms with van der Waals surface area (Å²) in [5.74, 6) is 0.697. The summed E-state index contributed by atoms with van der Waals surface area (Å²) in [5, 5.41) is 1.54. The van der Waals surface area contributed by atoms with E-state index in [4.69, 9.17) is 16.3 Å². The van der Waals surface area contributed by atoms with Crippen molar-refractivity contribution >= 4 is 35.1 Å². The summed E-state index contributed by atoms with van der Waals surface area (Å²) in [4.78, 5) is 5.22. The van der Waals surface area contributed by atoms with Crippen molar-refractivity contribution in [1.82, 2.24) is 4.98 Å². The van der Waals surface area contributed by atoms with Crippen molar-refractivity contribution in [1.29, 1.82) is 0 Å². The Labute approximate surface area is 98.6 Å². The van der Waals surface area contributed by atoms with Crippen molar-refractivity contribution in [2.24, 2.45) is 0 Å². The summed E-state index contributed by atoms with van der Waals surface area (Å²) in [5.41, 5.74) is 1.65. The third-order valence-electron chi connectivity index (χ3n) is 2.16. The van der Waals surface area contributed by atoms with Gasteiger partial charge in [0.15, 0.2) is 0 Å². The van der Waals surface area contributed by atoms with Crippen molar-refractivity contribution in [3.63, 3.8) is 0 Å². The van der Waals surface area contributed by atoms with E-state index in [0.29, 0.717) is 10.8 Å². The number of aromatic nitrogens is 1. The van der Waals surface area contributed by atoms with Crippen LogP contribution in [-0.4, -0.2) is 12.1 Å². The molecule has 0 aliphatic rings. The molecule has 0 spiro atoms. The van der Waals surface area contributed by atoms with Crippen LogP contribution in [0.5, 0.6) is 5.75 Å². The summed E-state index contributed by atoms with van der Waals surface area (Å²) >= 11 is 10.4. The predicted molar refractivity (Wildman–Crippen MR) is 65.3 cm³/mol. The van der Waals surface area contributed by atoms with Gasteiger partial charge in [0.2, 0.25) is 0 Å². The number of halogens is 1. The molecule has 1 aromatic carbocycles. The second-order valence-corrected chi connectivity index (χ2v) is 4.21. The fourth-order valence-electron chi connectivity index (χ4n) is 1.52. The van der Waals surface area contributed by atoms with Crippen molar-refractivity contribution < 1.29 is 4.74 Å². The van der Waals surface area contributed by atoms with E-state index in [9.17, 15) is 0 Å². The highest BCUT2D eigenvalue weighted by atomic mass is 35.5. The summed E-state index contributed by atoms with van der Waals surface area (Å²) in [6.45, 7) is 1.90. The van der Waals surface area contributed by atoms with Gasteiger partial charge in [0.05, 0.1) is 12.1 Å². The van der Waals surface area contributed by atoms with Gasteiger partial charge < -0.3 is 4.74 Å². The van der Waals surface area contributed by atoms with Crippen LogP contribution in [0.25, 0.3) is 10.9 Å². The van der Waals surface area contributed by atoms with Crippen molar-refractivity contribution in [2.45, 2.75) is 11.8 Å². The molecule has 15 heavy (non-hydrogen) atoms. The van der Waals surface area contributed by atoms with Crippen LogP contribution in [0.2, 0.25) is 5.02 Å². The van der Waals surface area contributed by atoms with E-state index in [2.05, 4.69) is 17.6 Å². The topological polar surface area (TPSA) is 22.1 Å². The molecule has 0 aliphatic carbocycles. The number of ether oxygens (including phenoxy) is 1. The normalized spacial score (nSPS) is 10.7. The van der Waals surface area contributed by atoms with Gasteiger partial charge in [-0.3, -0.25) is 0 Å². The molecule has 1 aromatic heterocycles. The summed E-state index contributed by atoms with van der Waals surface area (Å²) in [7, 11) is 1.61. The Kier molecular flexibility index (Phi) is 2.76. The van der Waals surface area contributed by atoms with Gasteiger partial charge in [-0.2, -0.15) is 0 Å². The van der Waals surface area contributed by atoms with E-state index in [1.54, 1.807) is 7.11 Å². The van der Waals surface area contributed by atoms with Gasteiger partial charge >= 0.3 is 0 Å². The summed E-state index contributed by atoms with van der Waals surface area (Å²) < 4.78 is 5.25. The summed E-state index contributed by atoms with van der Waals surface area (Å²) in [6, 6.07) is 5.54. The van der Waals surface area contributed by atoms with E-state index in [1.165, 1.54) is 0 Å². The quantitative estimate of drug-likeness (QED) is 0.770. The fraction of sp³-hybridized carbons (Fsp3) is 0.182. The molecule has 0 radical (unpaired) electrons. The molecule has 78 valence electrons. The first-order valence-electron chi connectivity index (χ1n) is 4.45. The molecule has 0 aliphatic heterocycles. The Morgan fingerprint density at radius 3 is 2.73 bits per heavy atom. The molecule has 0 saturated heterocycles. The number of thiol groups is 1. The molecule has 0 atom stereocenters. The lowest BCUT2D eigenvalue weighted by atomic mass is 10.2. The van der Waals surface area contributed by atoms with Gasteiger partial charge in [-0.15, -0.1) is 12.6 Å². The van der Waals surface area contributed by atoms with Crippen LogP contribution in [0.15, 0.2) is 23.1 Å². The molecule has 2 nitrogen and oxygen atoms in total. The Morgan fingerprint density at radius 1 is 1.33 bits per heavy atom. The van der Waals surface area contributed by atoms with E-state index >= 15 is 0 Å². The lowest BCUT2D eigenvalue weighted by molar-refractivity contribution is 0.418. The van der Waals surface area contributed by atoms with Crippen molar-refractivity contribution in [3.8, 4) is 5.75 Å². The molecule has 0 N–H and O–H groups in total. The Morgan fingerprint density at radius 2 is 2.07 bits per heavy atom. The maximum atomic E-state index is 6.13. The molecule has 0 bridgehead atoms.